The van der Waals surface area contributed by atoms with Gasteiger partial charge in [0.05, 0.1) is 24.2 Å². The summed E-state index contributed by atoms with van der Waals surface area (Å²) in [7, 11) is 0. The summed E-state index contributed by atoms with van der Waals surface area (Å²) in [6.07, 6.45) is -14.8. The third kappa shape index (κ3) is 5.12. The average molecular weight is 429 g/mol. The smallest absolute Gasteiger partial charge is 0.321 e. The first kappa shape index (κ1) is 23.7. The van der Waals surface area contributed by atoms with Crippen molar-refractivity contribution in [1.29, 1.82) is 0 Å². The van der Waals surface area contributed by atoms with Crippen molar-refractivity contribution in [2.45, 2.75) is 72.8 Å². The zero-order valence-electron chi connectivity index (χ0n) is 14.7. The van der Waals surface area contributed by atoms with Gasteiger partial charge >= 0.3 is 5.97 Å². The molecule has 0 radical (unpaired) electrons. The van der Waals surface area contributed by atoms with Crippen LogP contribution in [0.3, 0.4) is 0 Å². The molecule has 0 aromatic carbocycles. The van der Waals surface area contributed by atoms with Crippen molar-refractivity contribution < 1.29 is 55.5 Å². The Bertz CT molecular complexity index is 526. The van der Waals surface area contributed by atoms with Crippen LogP contribution in [-0.4, -0.2) is 131 Å². The molecule has 2 saturated heterocycles. The highest BCUT2D eigenvalue weighted by Crippen LogP contribution is 2.27. The molecule has 10 N–H and O–H groups in total. The number of aliphatic hydroxyl groups is 8. The number of nitrogens with one attached hydrogen (secondary N) is 1. The fraction of sp³-hybridized carbons (Fsp3) is 0.933. The van der Waals surface area contributed by atoms with E-state index in [0.717, 1.165) is 11.8 Å². The van der Waals surface area contributed by atoms with Gasteiger partial charge in [0, 0.05) is 12.2 Å². The minimum atomic E-state index is -1.88. The van der Waals surface area contributed by atoms with Crippen LogP contribution in [0, 0.1) is 0 Å². The monoisotopic (exact) mass is 429 g/mol. The van der Waals surface area contributed by atoms with Gasteiger partial charge in [-0.15, -0.1) is 11.8 Å². The van der Waals surface area contributed by atoms with Crippen LogP contribution in [0.15, 0.2) is 0 Å². The first-order valence-corrected chi connectivity index (χ1v) is 9.76. The van der Waals surface area contributed by atoms with E-state index < -0.39 is 85.3 Å². The molecule has 0 aromatic rings. The number of carbonyl (C=O) groups is 1. The van der Waals surface area contributed by atoms with E-state index in [1.54, 1.807) is 0 Å². The molecule has 2 heterocycles. The van der Waals surface area contributed by atoms with Gasteiger partial charge in [0.25, 0.3) is 0 Å². The molecule has 2 rings (SSSR count). The number of aliphatic hydroxyl groups excluding tert-OH is 8. The molecule has 2 aliphatic rings. The number of rotatable bonds is 8. The van der Waals surface area contributed by atoms with Gasteiger partial charge in [0.15, 0.2) is 0 Å². The highest BCUT2D eigenvalue weighted by Gasteiger charge is 2.46. The molecule has 0 aromatic heterocycles. The molecule has 11 atom stereocenters. The lowest BCUT2D eigenvalue weighted by Crippen LogP contribution is -2.60. The van der Waals surface area contributed by atoms with Crippen LogP contribution >= 0.6 is 11.8 Å². The van der Waals surface area contributed by atoms with Crippen LogP contribution in [0.5, 0.6) is 0 Å². The van der Waals surface area contributed by atoms with Gasteiger partial charge in [-0.2, -0.15) is 0 Å². The third-order valence-corrected chi connectivity index (χ3v) is 6.28. The summed E-state index contributed by atoms with van der Waals surface area (Å²) >= 11 is 1.04. The molecule has 0 spiro atoms. The number of thioether (sulfide) groups is 1. The SMILES string of the molecule is O=C(O)[C@@H]1CS[C@@H]([C@H](O)[C@H](O)[C@H](O)[C@H](O)C[C@H]2O[C@H](CO)[C@H](O)[C@H](O)[C@H]2O)N1. The molecular weight excluding hydrogens is 402 g/mol. The minimum absolute atomic E-state index is 0.146. The fourth-order valence-electron chi connectivity index (χ4n) is 3.19. The summed E-state index contributed by atoms with van der Waals surface area (Å²) in [5.74, 6) is -0.979. The summed E-state index contributed by atoms with van der Waals surface area (Å²) in [5, 5.41) is 89.8. The molecule has 0 bridgehead atoms. The second kappa shape index (κ2) is 9.95. The summed E-state index contributed by atoms with van der Waals surface area (Å²) in [6, 6.07) is -0.923. The first-order valence-electron chi connectivity index (χ1n) is 8.71. The predicted molar refractivity (Wildman–Crippen MR) is 93.2 cm³/mol. The molecule has 164 valence electrons. The molecular formula is C15H27NO11S. The van der Waals surface area contributed by atoms with Crippen LogP contribution < -0.4 is 5.32 Å². The van der Waals surface area contributed by atoms with Gasteiger partial charge in [-0.25, -0.2) is 0 Å². The Balaban J connectivity index is 1.94. The maximum Gasteiger partial charge on any atom is 0.321 e. The van der Waals surface area contributed by atoms with Gasteiger partial charge in [-0.05, 0) is 0 Å². The number of carboxylic acid groups (broad SMARTS) is 1. The zero-order chi connectivity index (χ0) is 21.2. The Kier molecular flexibility index (Phi) is 8.42. The van der Waals surface area contributed by atoms with Crippen molar-refractivity contribution in [3.05, 3.63) is 0 Å². The van der Waals surface area contributed by atoms with E-state index in [1.807, 2.05) is 0 Å². The molecule has 2 fully saturated rings. The van der Waals surface area contributed by atoms with Gasteiger partial charge in [-0.3, -0.25) is 10.1 Å². The Labute approximate surface area is 164 Å². The largest absolute Gasteiger partial charge is 0.480 e. The van der Waals surface area contributed by atoms with Crippen molar-refractivity contribution in [2.24, 2.45) is 0 Å². The predicted octanol–water partition coefficient (Wildman–Crippen LogP) is -5.22. The van der Waals surface area contributed by atoms with E-state index >= 15 is 0 Å². The number of aliphatic carboxylic acids is 1. The molecule has 0 unspecified atom stereocenters. The number of carboxylic acids is 1. The molecule has 28 heavy (non-hydrogen) atoms. The highest BCUT2D eigenvalue weighted by molar-refractivity contribution is 8.00. The van der Waals surface area contributed by atoms with Crippen LogP contribution in [0.2, 0.25) is 0 Å². The van der Waals surface area contributed by atoms with E-state index in [0.29, 0.717) is 0 Å². The summed E-state index contributed by atoms with van der Waals surface area (Å²) in [4.78, 5) is 10.9. The van der Waals surface area contributed by atoms with Crippen LogP contribution in [0.1, 0.15) is 6.42 Å². The zero-order valence-corrected chi connectivity index (χ0v) is 15.5. The maximum absolute atomic E-state index is 10.9. The second-order valence-corrected chi connectivity index (χ2v) is 8.13. The van der Waals surface area contributed by atoms with E-state index in [1.165, 1.54) is 0 Å². The lowest BCUT2D eigenvalue weighted by Gasteiger charge is -2.41. The average Bonchev–Trinajstić information content (AvgIpc) is 3.17. The quantitative estimate of drug-likeness (QED) is 0.174. The van der Waals surface area contributed by atoms with Crippen LogP contribution in [0.4, 0.5) is 0 Å². The first-order chi connectivity index (χ1) is 13.1. The fourth-order valence-corrected chi connectivity index (χ4v) is 4.45. The summed E-state index contributed by atoms with van der Waals surface area (Å²) in [6.45, 7) is -0.656. The molecule has 13 heteroatoms. The molecule has 0 amide bonds. The Morgan fingerprint density at radius 3 is 2.18 bits per heavy atom. The van der Waals surface area contributed by atoms with Crippen molar-refractivity contribution >= 4 is 17.7 Å². The van der Waals surface area contributed by atoms with E-state index in [4.69, 9.17) is 14.9 Å². The topological polar surface area (TPSA) is 220 Å². The van der Waals surface area contributed by atoms with Crippen molar-refractivity contribution in [3.8, 4) is 0 Å². The van der Waals surface area contributed by atoms with E-state index in [-0.39, 0.29) is 5.75 Å². The number of hydrogen-bond donors (Lipinski definition) is 10. The lowest BCUT2D eigenvalue weighted by molar-refractivity contribution is -0.238. The molecule has 2 aliphatic heterocycles. The molecule has 12 nitrogen and oxygen atoms in total. The van der Waals surface area contributed by atoms with Crippen molar-refractivity contribution in [2.75, 3.05) is 12.4 Å². The molecule has 0 aliphatic carbocycles. The highest BCUT2D eigenvalue weighted by atomic mass is 32.2. The summed E-state index contributed by atoms with van der Waals surface area (Å²) in [5.41, 5.74) is 0. The number of hydrogen-bond acceptors (Lipinski definition) is 12. The molecule has 0 saturated carbocycles. The third-order valence-electron chi connectivity index (χ3n) is 4.98. The van der Waals surface area contributed by atoms with E-state index in [2.05, 4.69) is 5.32 Å². The van der Waals surface area contributed by atoms with Crippen molar-refractivity contribution in [1.82, 2.24) is 5.32 Å². The van der Waals surface area contributed by atoms with Crippen LogP contribution in [0.25, 0.3) is 0 Å². The Hall–Kier alpha value is -0.580. The normalized spacial score (nSPS) is 40.6. The van der Waals surface area contributed by atoms with Crippen molar-refractivity contribution in [3.63, 3.8) is 0 Å². The second-order valence-electron chi connectivity index (χ2n) is 6.95. The maximum atomic E-state index is 10.9. The standard InChI is InChI=1S/C15H27NO11S/c17-2-7-10(21)12(23)9(20)6(27-7)1-5(18)8(19)11(22)13(24)14-16-4(3-28-14)15(25)26/h4-14,16-24H,1-3H2,(H,25,26)/t4-,5+,6+,7+,8+,9-,10-,11+,12+,13+,14-/m0/s1. The lowest BCUT2D eigenvalue weighted by atomic mass is 9.90. The number of ether oxygens (including phenoxy) is 1. The van der Waals surface area contributed by atoms with Gasteiger partial charge < -0.3 is 50.7 Å². The Morgan fingerprint density at radius 1 is 1.04 bits per heavy atom. The summed E-state index contributed by atoms with van der Waals surface area (Å²) < 4.78 is 5.22. The van der Waals surface area contributed by atoms with Gasteiger partial charge in [0.2, 0.25) is 0 Å². The minimum Gasteiger partial charge on any atom is -0.480 e. The van der Waals surface area contributed by atoms with Crippen LogP contribution in [-0.2, 0) is 9.53 Å². The Morgan fingerprint density at radius 2 is 1.64 bits per heavy atom. The van der Waals surface area contributed by atoms with E-state index in [9.17, 15) is 40.5 Å². The van der Waals surface area contributed by atoms with Gasteiger partial charge in [0.1, 0.15) is 48.8 Å². The van der Waals surface area contributed by atoms with Gasteiger partial charge in [-0.1, -0.05) is 0 Å².